The molecule has 0 radical (unpaired) electrons. The molecular weight excluding hydrogens is 214 g/mol. The summed E-state index contributed by atoms with van der Waals surface area (Å²) < 4.78 is 0. The first-order valence-electron chi connectivity index (χ1n) is 6.82. The van der Waals surface area contributed by atoms with Gasteiger partial charge in [0.2, 0.25) is 0 Å². The van der Waals surface area contributed by atoms with Crippen LogP contribution >= 0.6 is 0 Å². The summed E-state index contributed by atoms with van der Waals surface area (Å²) in [7, 11) is 0. The highest BCUT2D eigenvalue weighted by Gasteiger charge is 2.37. The lowest BCUT2D eigenvalue weighted by Crippen LogP contribution is -2.50. The van der Waals surface area contributed by atoms with Gasteiger partial charge in [0.25, 0.3) is 0 Å². The van der Waals surface area contributed by atoms with Gasteiger partial charge in [0.1, 0.15) is 0 Å². The van der Waals surface area contributed by atoms with Crippen LogP contribution in [0.5, 0.6) is 0 Å². The molecule has 0 heterocycles. The molecule has 1 N–H and O–H groups in total. The maximum absolute atomic E-state index is 10.7. The Balaban J connectivity index is 2.71. The van der Waals surface area contributed by atoms with Gasteiger partial charge in [0.05, 0.1) is 6.42 Å². The standard InChI is InChI=1S/C14H27NO2/c1-11(2)15(10-8-13(16)17)12-7-5-6-9-14(12,3)4/h11-12H,5-10H2,1-4H3,(H,16,17). The second-order valence-corrected chi connectivity index (χ2v) is 6.23. The number of carbonyl (C=O) groups is 1. The van der Waals surface area contributed by atoms with E-state index in [2.05, 4.69) is 32.6 Å². The summed E-state index contributed by atoms with van der Waals surface area (Å²) in [6.45, 7) is 9.68. The van der Waals surface area contributed by atoms with Gasteiger partial charge in [0.15, 0.2) is 0 Å². The molecule has 3 nitrogen and oxygen atoms in total. The van der Waals surface area contributed by atoms with Crippen molar-refractivity contribution in [3.63, 3.8) is 0 Å². The van der Waals surface area contributed by atoms with Crippen LogP contribution in [-0.4, -0.2) is 34.6 Å². The zero-order valence-corrected chi connectivity index (χ0v) is 11.7. The fourth-order valence-electron chi connectivity index (χ4n) is 3.09. The van der Waals surface area contributed by atoms with Gasteiger partial charge in [-0.2, -0.15) is 0 Å². The second kappa shape index (κ2) is 5.85. The van der Waals surface area contributed by atoms with E-state index in [1.165, 1.54) is 25.7 Å². The van der Waals surface area contributed by atoms with Crippen LogP contribution in [0.3, 0.4) is 0 Å². The summed E-state index contributed by atoms with van der Waals surface area (Å²) in [4.78, 5) is 13.1. The van der Waals surface area contributed by atoms with Gasteiger partial charge >= 0.3 is 5.97 Å². The third-order valence-corrected chi connectivity index (χ3v) is 4.10. The number of hydrogen-bond donors (Lipinski definition) is 1. The quantitative estimate of drug-likeness (QED) is 0.804. The minimum Gasteiger partial charge on any atom is -0.481 e. The van der Waals surface area contributed by atoms with Crippen molar-refractivity contribution in [3.8, 4) is 0 Å². The Labute approximate surface area is 105 Å². The van der Waals surface area contributed by atoms with E-state index in [0.717, 1.165) is 0 Å². The molecule has 1 rings (SSSR count). The number of hydrogen-bond acceptors (Lipinski definition) is 2. The first-order chi connectivity index (χ1) is 7.84. The molecule has 0 aromatic rings. The molecule has 0 amide bonds. The normalized spacial score (nSPS) is 24.2. The number of carboxylic acids is 1. The van der Waals surface area contributed by atoms with E-state index in [-0.39, 0.29) is 6.42 Å². The predicted molar refractivity (Wildman–Crippen MR) is 70.1 cm³/mol. The lowest BCUT2D eigenvalue weighted by molar-refractivity contribution is -0.137. The fourth-order valence-corrected chi connectivity index (χ4v) is 3.09. The van der Waals surface area contributed by atoms with Crippen LogP contribution in [0, 0.1) is 5.41 Å². The van der Waals surface area contributed by atoms with Gasteiger partial charge in [-0.3, -0.25) is 9.69 Å². The van der Waals surface area contributed by atoms with E-state index in [0.29, 0.717) is 24.0 Å². The monoisotopic (exact) mass is 241 g/mol. The Kier molecular flexibility index (Phi) is 4.99. The third-order valence-electron chi connectivity index (χ3n) is 4.10. The molecule has 0 spiro atoms. The first kappa shape index (κ1) is 14.5. The van der Waals surface area contributed by atoms with Gasteiger partial charge < -0.3 is 5.11 Å². The molecule has 100 valence electrons. The van der Waals surface area contributed by atoms with Crippen molar-refractivity contribution in [2.75, 3.05) is 6.54 Å². The Morgan fingerprint density at radius 1 is 1.41 bits per heavy atom. The average molecular weight is 241 g/mol. The van der Waals surface area contributed by atoms with E-state index in [1.54, 1.807) is 0 Å². The zero-order valence-electron chi connectivity index (χ0n) is 11.7. The maximum atomic E-state index is 10.7. The first-order valence-corrected chi connectivity index (χ1v) is 6.82. The smallest absolute Gasteiger partial charge is 0.304 e. The minimum absolute atomic E-state index is 0.255. The topological polar surface area (TPSA) is 40.5 Å². The van der Waals surface area contributed by atoms with Crippen molar-refractivity contribution in [1.29, 1.82) is 0 Å². The number of rotatable bonds is 5. The van der Waals surface area contributed by atoms with E-state index < -0.39 is 5.97 Å². The van der Waals surface area contributed by atoms with Crippen molar-refractivity contribution < 1.29 is 9.90 Å². The predicted octanol–water partition coefficient (Wildman–Crippen LogP) is 3.14. The molecule has 17 heavy (non-hydrogen) atoms. The van der Waals surface area contributed by atoms with Crippen LogP contribution in [0.15, 0.2) is 0 Å². The molecule has 0 aromatic heterocycles. The van der Waals surface area contributed by atoms with Gasteiger partial charge in [-0.1, -0.05) is 26.7 Å². The molecule has 0 aromatic carbocycles. The summed E-state index contributed by atoms with van der Waals surface area (Å²) in [5, 5.41) is 8.85. The fraction of sp³-hybridized carbons (Fsp3) is 0.929. The number of nitrogens with zero attached hydrogens (tertiary/aromatic N) is 1. The van der Waals surface area contributed by atoms with Crippen LogP contribution in [0.4, 0.5) is 0 Å². The molecular formula is C14H27NO2. The summed E-state index contributed by atoms with van der Waals surface area (Å²) in [5.41, 5.74) is 0.320. The van der Waals surface area contributed by atoms with Gasteiger partial charge in [-0.25, -0.2) is 0 Å². The van der Waals surface area contributed by atoms with E-state index in [4.69, 9.17) is 5.11 Å². The third kappa shape index (κ3) is 3.98. The molecule has 0 bridgehead atoms. The molecule has 0 saturated heterocycles. The van der Waals surface area contributed by atoms with E-state index in [9.17, 15) is 4.79 Å². The summed E-state index contributed by atoms with van der Waals surface area (Å²) in [6, 6.07) is 0.965. The minimum atomic E-state index is -0.690. The molecule has 1 aliphatic carbocycles. The highest BCUT2D eigenvalue weighted by molar-refractivity contribution is 5.66. The Morgan fingerprint density at radius 2 is 2.06 bits per heavy atom. The average Bonchev–Trinajstić information content (AvgIpc) is 2.19. The second-order valence-electron chi connectivity index (χ2n) is 6.23. The van der Waals surface area contributed by atoms with Crippen molar-refractivity contribution in [1.82, 2.24) is 4.90 Å². The molecule has 1 unspecified atom stereocenters. The number of carboxylic acid groups (broad SMARTS) is 1. The van der Waals surface area contributed by atoms with Gasteiger partial charge in [-0.05, 0) is 32.1 Å². The maximum Gasteiger partial charge on any atom is 0.304 e. The molecule has 0 aliphatic heterocycles. The Morgan fingerprint density at radius 3 is 2.53 bits per heavy atom. The van der Waals surface area contributed by atoms with Crippen molar-refractivity contribution in [2.24, 2.45) is 5.41 Å². The lowest BCUT2D eigenvalue weighted by Gasteiger charge is -2.47. The molecule has 3 heteroatoms. The van der Waals surface area contributed by atoms with E-state index >= 15 is 0 Å². The van der Waals surface area contributed by atoms with Crippen LogP contribution in [0.2, 0.25) is 0 Å². The number of aliphatic carboxylic acids is 1. The zero-order chi connectivity index (χ0) is 13.1. The molecule has 1 saturated carbocycles. The summed E-state index contributed by atoms with van der Waals surface area (Å²) in [6.07, 6.45) is 5.32. The van der Waals surface area contributed by atoms with Crippen LogP contribution in [-0.2, 0) is 4.79 Å². The van der Waals surface area contributed by atoms with Crippen molar-refractivity contribution in [2.45, 2.75) is 71.9 Å². The molecule has 1 aliphatic rings. The summed E-state index contributed by atoms with van der Waals surface area (Å²) in [5.74, 6) is -0.690. The van der Waals surface area contributed by atoms with Crippen LogP contribution < -0.4 is 0 Å². The summed E-state index contributed by atoms with van der Waals surface area (Å²) >= 11 is 0. The van der Waals surface area contributed by atoms with Gasteiger partial charge in [-0.15, -0.1) is 0 Å². The van der Waals surface area contributed by atoms with Crippen molar-refractivity contribution in [3.05, 3.63) is 0 Å². The van der Waals surface area contributed by atoms with E-state index in [1.807, 2.05) is 0 Å². The highest BCUT2D eigenvalue weighted by Crippen LogP contribution is 2.39. The largest absolute Gasteiger partial charge is 0.481 e. The SMILES string of the molecule is CC(C)N(CCC(=O)O)C1CCCCC1(C)C. The molecule has 1 fully saturated rings. The van der Waals surface area contributed by atoms with Gasteiger partial charge in [0, 0.05) is 18.6 Å². The highest BCUT2D eigenvalue weighted by atomic mass is 16.4. The Bertz CT molecular complexity index is 261. The Hall–Kier alpha value is -0.570. The lowest BCUT2D eigenvalue weighted by atomic mass is 9.72. The van der Waals surface area contributed by atoms with Crippen LogP contribution in [0.25, 0.3) is 0 Å². The van der Waals surface area contributed by atoms with Crippen molar-refractivity contribution >= 4 is 5.97 Å². The molecule has 1 atom stereocenters. The van der Waals surface area contributed by atoms with Crippen LogP contribution in [0.1, 0.15) is 59.8 Å².